The van der Waals surface area contributed by atoms with Crippen molar-refractivity contribution in [1.29, 1.82) is 0 Å². The number of carbonyl (C=O) groups excluding carboxylic acids is 1. The Kier molecular flexibility index (Phi) is 10.4. The number of rotatable bonds is 7. The van der Waals surface area contributed by atoms with E-state index in [4.69, 9.17) is 9.47 Å². The SMILES string of the molecule is CN=C(NCCNC(=O)c1cccc(OC)c1)N1CCC(Oc2ccccc2)CC1.I. The summed E-state index contributed by atoms with van der Waals surface area (Å²) in [6.45, 7) is 2.87. The van der Waals surface area contributed by atoms with Crippen molar-refractivity contribution in [2.45, 2.75) is 18.9 Å². The summed E-state index contributed by atoms with van der Waals surface area (Å²) >= 11 is 0. The van der Waals surface area contributed by atoms with Gasteiger partial charge >= 0.3 is 0 Å². The van der Waals surface area contributed by atoms with Gasteiger partial charge in [-0.1, -0.05) is 24.3 Å². The molecule has 0 radical (unpaired) electrons. The van der Waals surface area contributed by atoms with E-state index in [-0.39, 0.29) is 36.0 Å². The first-order valence-corrected chi connectivity index (χ1v) is 10.3. The minimum Gasteiger partial charge on any atom is -0.497 e. The van der Waals surface area contributed by atoms with Gasteiger partial charge in [-0.05, 0) is 30.3 Å². The monoisotopic (exact) mass is 538 g/mol. The molecule has 1 fully saturated rings. The van der Waals surface area contributed by atoms with Gasteiger partial charge in [0.25, 0.3) is 5.91 Å². The van der Waals surface area contributed by atoms with Crippen LogP contribution < -0.4 is 20.1 Å². The Morgan fingerprint density at radius 2 is 1.71 bits per heavy atom. The molecule has 1 aliphatic rings. The first kappa shape index (κ1) is 24.8. The summed E-state index contributed by atoms with van der Waals surface area (Å²) in [6, 6.07) is 17.1. The van der Waals surface area contributed by atoms with Crippen LogP contribution in [0.15, 0.2) is 59.6 Å². The molecule has 0 spiro atoms. The van der Waals surface area contributed by atoms with E-state index in [2.05, 4.69) is 20.5 Å². The molecule has 0 aromatic heterocycles. The van der Waals surface area contributed by atoms with Crippen molar-refractivity contribution in [1.82, 2.24) is 15.5 Å². The Hall–Kier alpha value is -2.49. The number of para-hydroxylation sites is 1. The van der Waals surface area contributed by atoms with Gasteiger partial charge in [0.05, 0.1) is 7.11 Å². The smallest absolute Gasteiger partial charge is 0.251 e. The van der Waals surface area contributed by atoms with Crippen molar-refractivity contribution < 1.29 is 14.3 Å². The average Bonchev–Trinajstić information content (AvgIpc) is 2.80. The van der Waals surface area contributed by atoms with Crippen molar-refractivity contribution >= 4 is 35.8 Å². The van der Waals surface area contributed by atoms with E-state index in [1.54, 1.807) is 32.4 Å². The molecular formula is C23H31IN4O3. The highest BCUT2D eigenvalue weighted by Gasteiger charge is 2.22. The summed E-state index contributed by atoms with van der Waals surface area (Å²) in [5, 5.41) is 6.25. The molecule has 0 unspecified atom stereocenters. The van der Waals surface area contributed by atoms with Crippen molar-refractivity contribution in [2.24, 2.45) is 4.99 Å². The van der Waals surface area contributed by atoms with Crippen molar-refractivity contribution in [3.63, 3.8) is 0 Å². The highest BCUT2D eigenvalue weighted by atomic mass is 127. The van der Waals surface area contributed by atoms with Gasteiger partial charge in [-0.3, -0.25) is 9.79 Å². The number of aliphatic imine (C=N–C) groups is 1. The molecule has 2 aromatic rings. The summed E-state index contributed by atoms with van der Waals surface area (Å²) in [6.07, 6.45) is 2.12. The molecule has 1 aliphatic heterocycles. The minimum atomic E-state index is -0.121. The van der Waals surface area contributed by atoms with Crippen molar-refractivity contribution in [3.05, 3.63) is 60.2 Å². The molecule has 0 atom stereocenters. The average molecular weight is 538 g/mol. The van der Waals surface area contributed by atoms with E-state index >= 15 is 0 Å². The zero-order valence-electron chi connectivity index (χ0n) is 18.0. The predicted octanol–water partition coefficient (Wildman–Crippen LogP) is 3.16. The molecule has 3 rings (SSSR count). The van der Waals surface area contributed by atoms with E-state index in [1.165, 1.54) is 0 Å². The molecular weight excluding hydrogens is 507 g/mol. The molecule has 1 heterocycles. The van der Waals surface area contributed by atoms with Crippen LogP contribution in [0.1, 0.15) is 23.2 Å². The van der Waals surface area contributed by atoms with Crippen LogP contribution in [0.4, 0.5) is 0 Å². The standard InChI is InChI=1S/C23H30N4O3.HI/c1-24-23(26-14-13-25-22(28)18-7-6-10-21(17-18)29-2)27-15-11-20(12-16-27)30-19-8-4-3-5-9-19;/h3-10,17,20H,11-16H2,1-2H3,(H,24,26)(H,25,28);1H. The Morgan fingerprint density at radius 1 is 1.03 bits per heavy atom. The fourth-order valence-corrected chi connectivity index (χ4v) is 3.43. The largest absolute Gasteiger partial charge is 0.497 e. The number of benzene rings is 2. The van der Waals surface area contributed by atoms with Gasteiger partial charge in [0.15, 0.2) is 5.96 Å². The van der Waals surface area contributed by atoms with E-state index in [1.807, 2.05) is 36.4 Å². The van der Waals surface area contributed by atoms with Gasteiger partial charge in [-0.25, -0.2) is 0 Å². The van der Waals surface area contributed by atoms with Crippen LogP contribution >= 0.6 is 24.0 Å². The summed E-state index contributed by atoms with van der Waals surface area (Å²) in [5.74, 6) is 2.32. The zero-order valence-corrected chi connectivity index (χ0v) is 20.4. The van der Waals surface area contributed by atoms with Gasteiger partial charge < -0.3 is 25.0 Å². The second-order valence-corrected chi connectivity index (χ2v) is 7.08. The van der Waals surface area contributed by atoms with Gasteiger partial charge in [-0.2, -0.15) is 0 Å². The van der Waals surface area contributed by atoms with Gasteiger partial charge in [0.1, 0.15) is 17.6 Å². The van der Waals surface area contributed by atoms with E-state index in [0.29, 0.717) is 24.4 Å². The van der Waals surface area contributed by atoms with Crippen LogP contribution in [0.25, 0.3) is 0 Å². The zero-order chi connectivity index (χ0) is 21.2. The third-order valence-corrected chi connectivity index (χ3v) is 5.02. The lowest BCUT2D eigenvalue weighted by atomic mass is 10.1. The number of carbonyl (C=O) groups is 1. The van der Waals surface area contributed by atoms with Crippen LogP contribution in [0, 0.1) is 0 Å². The van der Waals surface area contributed by atoms with Gasteiger partial charge in [0, 0.05) is 51.6 Å². The van der Waals surface area contributed by atoms with Crippen molar-refractivity contribution in [3.8, 4) is 11.5 Å². The predicted molar refractivity (Wildman–Crippen MR) is 134 cm³/mol. The molecule has 2 N–H and O–H groups in total. The topological polar surface area (TPSA) is 75.2 Å². The number of ether oxygens (including phenoxy) is 2. The lowest BCUT2D eigenvalue weighted by Gasteiger charge is -2.34. The molecule has 0 saturated carbocycles. The number of methoxy groups -OCH3 is 1. The number of halogens is 1. The van der Waals surface area contributed by atoms with Crippen LogP contribution in [0.2, 0.25) is 0 Å². The summed E-state index contributed by atoms with van der Waals surface area (Å²) in [7, 11) is 3.37. The van der Waals surface area contributed by atoms with Crippen LogP contribution in [-0.4, -0.2) is 63.2 Å². The van der Waals surface area contributed by atoms with E-state index in [0.717, 1.165) is 37.6 Å². The number of nitrogens with one attached hydrogen (secondary N) is 2. The molecule has 168 valence electrons. The lowest BCUT2D eigenvalue weighted by molar-refractivity contribution is 0.0953. The number of guanidine groups is 1. The van der Waals surface area contributed by atoms with E-state index in [9.17, 15) is 4.79 Å². The fourth-order valence-electron chi connectivity index (χ4n) is 3.43. The van der Waals surface area contributed by atoms with Crippen LogP contribution in [-0.2, 0) is 0 Å². The molecule has 2 aromatic carbocycles. The maximum Gasteiger partial charge on any atom is 0.251 e. The second-order valence-electron chi connectivity index (χ2n) is 7.08. The lowest BCUT2D eigenvalue weighted by Crippen LogP contribution is -2.48. The van der Waals surface area contributed by atoms with Gasteiger partial charge in [-0.15, -0.1) is 24.0 Å². The minimum absolute atomic E-state index is 0. The first-order valence-electron chi connectivity index (χ1n) is 10.3. The number of piperidine rings is 1. The molecule has 1 amide bonds. The van der Waals surface area contributed by atoms with Crippen LogP contribution in [0.5, 0.6) is 11.5 Å². The second kappa shape index (κ2) is 13.0. The third-order valence-electron chi connectivity index (χ3n) is 5.02. The Labute approximate surface area is 201 Å². The normalized spacial score (nSPS) is 14.4. The molecule has 0 aliphatic carbocycles. The van der Waals surface area contributed by atoms with Gasteiger partial charge in [0.2, 0.25) is 0 Å². The van der Waals surface area contributed by atoms with E-state index < -0.39 is 0 Å². The first-order chi connectivity index (χ1) is 14.7. The Bertz CT molecular complexity index is 840. The number of likely N-dealkylation sites (tertiary alicyclic amines) is 1. The van der Waals surface area contributed by atoms with Crippen LogP contribution in [0.3, 0.4) is 0 Å². The number of nitrogens with zero attached hydrogens (tertiary/aromatic N) is 2. The molecule has 0 bridgehead atoms. The number of hydrogen-bond donors (Lipinski definition) is 2. The summed E-state index contributed by atoms with van der Waals surface area (Å²) in [4.78, 5) is 18.9. The number of amides is 1. The Morgan fingerprint density at radius 3 is 2.39 bits per heavy atom. The highest BCUT2D eigenvalue weighted by molar-refractivity contribution is 14.0. The maximum absolute atomic E-state index is 12.3. The molecule has 31 heavy (non-hydrogen) atoms. The molecule has 8 heteroatoms. The summed E-state index contributed by atoms with van der Waals surface area (Å²) in [5.41, 5.74) is 0.583. The number of hydrogen-bond acceptors (Lipinski definition) is 4. The Balaban J connectivity index is 0.00000341. The summed E-state index contributed by atoms with van der Waals surface area (Å²) < 4.78 is 11.2. The third kappa shape index (κ3) is 7.61. The molecule has 7 nitrogen and oxygen atoms in total. The van der Waals surface area contributed by atoms with Crippen molar-refractivity contribution in [2.75, 3.05) is 40.3 Å². The fraction of sp³-hybridized carbons (Fsp3) is 0.391. The maximum atomic E-state index is 12.3. The molecule has 1 saturated heterocycles. The quantitative estimate of drug-likeness (QED) is 0.245. The highest BCUT2D eigenvalue weighted by Crippen LogP contribution is 2.18.